The summed E-state index contributed by atoms with van der Waals surface area (Å²) in [6.45, 7) is 1.46. The summed E-state index contributed by atoms with van der Waals surface area (Å²) in [4.78, 5) is 13.5. The zero-order valence-corrected chi connectivity index (χ0v) is 11.8. The number of carboxylic acid groups (broad SMARTS) is 1. The summed E-state index contributed by atoms with van der Waals surface area (Å²) in [5.74, 6) is -0.127. The molecule has 1 aromatic carbocycles. The third-order valence-electron chi connectivity index (χ3n) is 4.10. The summed E-state index contributed by atoms with van der Waals surface area (Å²) in [6, 6.07) is 14.0. The molecular formula is C17H19NO3. The summed E-state index contributed by atoms with van der Waals surface area (Å²) in [5.41, 5.74) is 1.14. The van der Waals surface area contributed by atoms with E-state index in [0.29, 0.717) is 6.54 Å². The highest BCUT2D eigenvalue weighted by Gasteiger charge is 2.32. The lowest BCUT2D eigenvalue weighted by atomic mass is 9.94. The minimum atomic E-state index is -0.703. The van der Waals surface area contributed by atoms with Crippen molar-refractivity contribution in [2.24, 2.45) is 5.92 Å². The van der Waals surface area contributed by atoms with Crippen molar-refractivity contribution < 1.29 is 14.3 Å². The number of piperidine rings is 1. The highest BCUT2D eigenvalue weighted by Crippen LogP contribution is 2.32. The maximum atomic E-state index is 11.3. The van der Waals surface area contributed by atoms with Crippen molar-refractivity contribution in [3.05, 3.63) is 60.1 Å². The molecule has 2 heterocycles. The molecule has 1 fully saturated rings. The Balaban J connectivity index is 1.91. The SMILES string of the molecule is O=C(O)C1CCCN(C(c2ccccc2)c2ccco2)C1. The first-order valence-electron chi connectivity index (χ1n) is 7.31. The van der Waals surface area contributed by atoms with Gasteiger partial charge >= 0.3 is 5.97 Å². The van der Waals surface area contributed by atoms with Crippen LogP contribution in [0.3, 0.4) is 0 Å². The number of nitrogens with zero attached hydrogens (tertiary/aromatic N) is 1. The maximum Gasteiger partial charge on any atom is 0.307 e. The number of carbonyl (C=O) groups is 1. The van der Waals surface area contributed by atoms with Crippen LogP contribution in [-0.2, 0) is 4.79 Å². The molecule has 1 aliphatic heterocycles. The minimum absolute atomic E-state index is 0.0108. The fraction of sp³-hybridized carbons (Fsp3) is 0.353. The van der Waals surface area contributed by atoms with Crippen LogP contribution in [0.5, 0.6) is 0 Å². The predicted molar refractivity (Wildman–Crippen MR) is 78.9 cm³/mol. The van der Waals surface area contributed by atoms with E-state index in [1.165, 1.54) is 0 Å². The Bertz CT molecular complexity index is 579. The molecule has 4 nitrogen and oxygen atoms in total. The number of furan rings is 1. The molecule has 1 aliphatic rings. The van der Waals surface area contributed by atoms with Gasteiger partial charge < -0.3 is 9.52 Å². The van der Waals surface area contributed by atoms with Crippen molar-refractivity contribution in [3.8, 4) is 0 Å². The fourth-order valence-corrected chi connectivity index (χ4v) is 3.08. The Labute approximate surface area is 124 Å². The lowest BCUT2D eigenvalue weighted by Crippen LogP contribution is -2.41. The molecule has 0 saturated carbocycles. The minimum Gasteiger partial charge on any atom is -0.481 e. The second-order valence-corrected chi connectivity index (χ2v) is 5.50. The van der Waals surface area contributed by atoms with Gasteiger partial charge in [0.05, 0.1) is 18.2 Å². The summed E-state index contributed by atoms with van der Waals surface area (Å²) < 4.78 is 5.61. The monoisotopic (exact) mass is 285 g/mol. The van der Waals surface area contributed by atoms with E-state index in [2.05, 4.69) is 17.0 Å². The van der Waals surface area contributed by atoms with Gasteiger partial charge in [-0.25, -0.2) is 0 Å². The van der Waals surface area contributed by atoms with Gasteiger partial charge in [-0.3, -0.25) is 9.69 Å². The van der Waals surface area contributed by atoms with E-state index < -0.39 is 5.97 Å². The Morgan fingerprint density at radius 1 is 1.24 bits per heavy atom. The number of hydrogen-bond donors (Lipinski definition) is 1. The van der Waals surface area contributed by atoms with E-state index >= 15 is 0 Å². The largest absolute Gasteiger partial charge is 0.481 e. The quantitative estimate of drug-likeness (QED) is 0.937. The first-order valence-corrected chi connectivity index (χ1v) is 7.31. The lowest BCUT2D eigenvalue weighted by molar-refractivity contribution is -0.143. The molecule has 0 radical (unpaired) electrons. The van der Waals surface area contributed by atoms with Gasteiger partial charge in [-0.15, -0.1) is 0 Å². The molecular weight excluding hydrogens is 266 g/mol. The van der Waals surface area contributed by atoms with Crippen molar-refractivity contribution in [1.29, 1.82) is 0 Å². The molecule has 1 aromatic heterocycles. The van der Waals surface area contributed by atoms with Crippen molar-refractivity contribution in [2.45, 2.75) is 18.9 Å². The average molecular weight is 285 g/mol. The number of aliphatic carboxylic acids is 1. The number of likely N-dealkylation sites (tertiary alicyclic amines) is 1. The van der Waals surface area contributed by atoms with Gasteiger partial charge in [0.15, 0.2) is 0 Å². The van der Waals surface area contributed by atoms with E-state index in [-0.39, 0.29) is 12.0 Å². The second-order valence-electron chi connectivity index (χ2n) is 5.50. The molecule has 4 heteroatoms. The molecule has 0 bridgehead atoms. The Kier molecular flexibility index (Phi) is 4.06. The Morgan fingerprint density at radius 3 is 2.71 bits per heavy atom. The van der Waals surface area contributed by atoms with Gasteiger partial charge in [0.1, 0.15) is 5.76 Å². The van der Waals surface area contributed by atoms with Crippen LogP contribution in [0.15, 0.2) is 53.1 Å². The maximum absolute atomic E-state index is 11.3. The standard InChI is InChI=1S/C17H19NO3/c19-17(20)14-8-4-10-18(12-14)16(15-9-5-11-21-15)13-6-2-1-3-7-13/h1-3,5-7,9,11,14,16H,4,8,10,12H2,(H,19,20). The Morgan fingerprint density at radius 2 is 2.05 bits per heavy atom. The normalized spacial score (nSPS) is 21.0. The van der Waals surface area contributed by atoms with Crippen LogP contribution in [0, 0.1) is 5.92 Å². The molecule has 0 aliphatic carbocycles. The first-order chi connectivity index (χ1) is 10.3. The van der Waals surface area contributed by atoms with Gasteiger partial charge in [-0.2, -0.15) is 0 Å². The molecule has 21 heavy (non-hydrogen) atoms. The average Bonchev–Trinajstić information content (AvgIpc) is 3.03. The van der Waals surface area contributed by atoms with Crippen molar-refractivity contribution >= 4 is 5.97 Å². The van der Waals surface area contributed by atoms with E-state index in [0.717, 1.165) is 30.7 Å². The molecule has 1 saturated heterocycles. The van der Waals surface area contributed by atoms with Crippen LogP contribution in [-0.4, -0.2) is 29.1 Å². The molecule has 1 N–H and O–H groups in total. The van der Waals surface area contributed by atoms with Gasteiger partial charge in [0, 0.05) is 6.54 Å². The van der Waals surface area contributed by atoms with Crippen LogP contribution in [0.1, 0.15) is 30.2 Å². The van der Waals surface area contributed by atoms with E-state index in [9.17, 15) is 9.90 Å². The molecule has 2 atom stereocenters. The molecule has 2 aromatic rings. The van der Waals surface area contributed by atoms with Crippen LogP contribution < -0.4 is 0 Å². The molecule has 0 spiro atoms. The smallest absolute Gasteiger partial charge is 0.307 e. The van der Waals surface area contributed by atoms with Crippen LogP contribution >= 0.6 is 0 Å². The summed E-state index contributed by atoms with van der Waals surface area (Å²) >= 11 is 0. The zero-order chi connectivity index (χ0) is 14.7. The van der Waals surface area contributed by atoms with Gasteiger partial charge in [-0.1, -0.05) is 30.3 Å². The van der Waals surface area contributed by atoms with Crippen molar-refractivity contribution in [1.82, 2.24) is 4.90 Å². The predicted octanol–water partition coefficient (Wildman–Crippen LogP) is 3.17. The molecule has 0 amide bonds. The fourth-order valence-electron chi connectivity index (χ4n) is 3.08. The molecule has 110 valence electrons. The van der Waals surface area contributed by atoms with Gasteiger partial charge in [0.2, 0.25) is 0 Å². The number of rotatable bonds is 4. The summed E-state index contributed by atoms with van der Waals surface area (Å²) in [5, 5.41) is 9.29. The third kappa shape index (κ3) is 3.00. The van der Waals surface area contributed by atoms with Crippen LogP contribution in [0.2, 0.25) is 0 Å². The first kappa shape index (κ1) is 13.9. The number of carboxylic acids is 1. The van der Waals surface area contributed by atoms with Crippen LogP contribution in [0.4, 0.5) is 0 Å². The third-order valence-corrected chi connectivity index (χ3v) is 4.10. The summed E-state index contributed by atoms with van der Waals surface area (Å²) in [6.07, 6.45) is 3.33. The number of hydrogen-bond acceptors (Lipinski definition) is 3. The molecule has 2 unspecified atom stereocenters. The van der Waals surface area contributed by atoms with Crippen molar-refractivity contribution in [3.63, 3.8) is 0 Å². The van der Waals surface area contributed by atoms with E-state index in [4.69, 9.17) is 4.42 Å². The second kappa shape index (κ2) is 6.14. The van der Waals surface area contributed by atoms with Gasteiger partial charge in [-0.05, 0) is 37.1 Å². The topological polar surface area (TPSA) is 53.7 Å². The zero-order valence-electron chi connectivity index (χ0n) is 11.8. The Hall–Kier alpha value is -2.07. The highest BCUT2D eigenvalue weighted by atomic mass is 16.4. The van der Waals surface area contributed by atoms with E-state index in [1.54, 1.807) is 6.26 Å². The summed E-state index contributed by atoms with van der Waals surface area (Å²) in [7, 11) is 0. The molecule has 3 rings (SSSR count). The van der Waals surface area contributed by atoms with Crippen LogP contribution in [0.25, 0.3) is 0 Å². The van der Waals surface area contributed by atoms with Gasteiger partial charge in [0.25, 0.3) is 0 Å². The van der Waals surface area contributed by atoms with E-state index in [1.807, 2.05) is 30.3 Å². The highest BCUT2D eigenvalue weighted by molar-refractivity contribution is 5.70. The lowest BCUT2D eigenvalue weighted by Gasteiger charge is -2.36. The van der Waals surface area contributed by atoms with Crippen molar-refractivity contribution in [2.75, 3.05) is 13.1 Å². The number of benzene rings is 1.